The fraction of sp³-hybridized carbons (Fsp3) is 0.318. The van der Waals surface area contributed by atoms with E-state index in [4.69, 9.17) is 0 Å². The molecule has 0 bridgehead atoms. The number of benzene rings is 2. The minimum absolute atomic E-state index is 0.0124. The van der Waals surface area contributed by atoms with Crippen LogP contribution in [0.1, 0.15) is 17.5 Å². The van der Waals surface area contributed by atoms with Gasteiger partial charge in [0, 0.05) is 26.7 Å². The number of aliphatic hydroxyl groups is 1. The van der Waals surface area contributed by atoms with Crippen LogP contribution in [-0.2, 0) is 17.9 Å². The monoisotopic (exact) mass is 411 g/mol. The summed E-state index contributed by atoms with van der Waals surface area (Å²) in [6, 6.07) is 15.2. The number of hydrogen-bond donors (Lipinski definition) is 1. The molecule has 29 heavy (non-hydrogen) atoms. The molecule has 0 aliphatic rings. The number of para-hydroxylation sites is 1. The molecule has 0 fully saturated rings. The van der Waals surface area contributed by atoms with E-state index >= 15 is 0 Å². The minimum atomic E-state index is -0.146. The summed E-state index contributed by atoms with van der Waals surface area (Å²) in [7, 11) is 1.78. The fourth-order valence-electron chi connectivity index (χ4n) is 3.05. The Hall–Kier alpha value is -2.64. The molecule has 0 saturated heterocycles. The van der Waals surface area contributed by atoms with Crippen LogP contribution in [0.3, 0.4) is 0 Å². The number of hydrogen-bond acceptors (Lipinski definition) is 5. The molecule has 1 aromatic heterocycles. The van der Waals surface area contributed by atoms with Crippen molar-refractivity contribution in [2.45, 2.75) is 31.6 Å². The summed E-state index contributed by atoms with van der Waals surface area (Å²) >= 11 is 1.26. The normalized spacial score (nSPS) is 11.0. The van der Waals surface area contributed by atoms with Crippen molar-refractivity contribution >= 4 is 28.6 Å². The van der Waals surface area contributed by atoms with E-state index in [0.29, 0.717) is 35.6 Å². The summed E-state index contributed by atoms with van der Waals surface area (Å²) < 4.78 is 1.55. The average Bonchev–Trinajstić information content (AvgIpc) is 2.73. The van der Waals surface area contributed by atoms with Gasteiger partial charge in [0.1, 0.15) is 0 Å². The summed E-state index contributed by atoms with van der Waals surface area (Å²) in [5, 5.41) is 10.2. The molecule has 2 aromatic carbocycles. The fourth-order valence-corrected chi connectivity index (χ4v) is 4.02. The molecular weight excluding hydrogens is 386 g/mol. The standard InChI is InChI=1S/C22H25N3O3S/c1-16-8-3-4-9-17(16)14-24(2)20(27)15-29-22-23-19-11-6-5-10-18(19)21(28)25(22)12-7-13-26/h3-6,8-11,26H,7,12-15H2,1-2H3. The van der Waals surface area contributed by atoms with Crippen molar-refractivity contribution in [2.24, 2.45) is 0 Å². The molecule has 0 aliphatic carbocycles. The van der Waals surface area contributed by atoms with Gasteiger partial charge in [0.25, 0.3) is 5.56 Å². The molecule has 0 radical (unpaired) electrons. The van der Waals surface area contributed by atoms with Crippen molar-refractivity contribution in [3.05, 3.63) is 70.0 Å². The summed E-state index contributed by atoms with van der Waals surface area (Å²) in [6.07, 6.45) is 0.453. The van der Waals surface area contributed by atoms with Crippen LogP contribution in [0.2, 0.25) is 0 Å². The Labute approximate surface area is 174 Å². The van der Waals surface area contributed by atoms with E-state index < -0.39 is 0 Å². The van der Waals surface area contributed by atoms with E-state index in [-0.39, 0.29) is 23.8 Å². The Morgan fingerprint density at radius 2 is 1.90 bits per heavy atom. The quantitative estimate of drug-likeness (QED) is 0.456. The largest absolute Gasteiger partial charge is 0.396 e. The van der Waals surface area contributed by atoms with Gasteiger partial charge in [-0.2, -0.15) is 0 Å². The Balaban J connectivity index is 1.77. The third-order valence-corrected chi connectivity index (χ3v) is 5.75. The Bertz CT molecular complexity index is 1060. The third-order valence-electron chi connectivity index (χ3n) is 4.79. The molecule has 7 heteroatoms. The Morgan fingerprint density at radius 3 is 2.66 bits per heavy atom. The Morgan fingerprint density at radius 1 is 1.17 bits per heavy atom. The van der Waals surface area contributed by atoms with E-state index in [0.717, 1.165) is 11.1 Å². The zero-order chi connectivity index (χ0) is 20.8. The van der Waals surface area contributed by atoms with E-state index in [1.54, 1.807) is 34.7 Å². The van der Waals surface area contributed by atoms with Crippen LogP contribution in [-0.4, -0.2) is 44.9 Å². The van der Waals surface area contributed by atoms with E-state index in [1.807, 2.05) is 37.3 Å². The molecule has 3 aromatic rings. The summed E-state index contributed by atoms with van der Waals surface area (Å²) in [4.78, 5) is 31.8. The maximum Gasteiger partial charge on any atom is 0.262 e. The summed E-state index contributed by atoms with van der Waals surface area (Å²) in [5.74, 6) is 0.154. The highest BCUT2D eigenvalue weighted by molar-refractivity contribution is 7.99. The number of fused-ring (bicyclic) bond motifs is 1. The zero-order valence-corrected chi connectivity index (χ0v) is 17.5. The average molecular weight is 412 g/mol. The van der Waals surface area contributed by atoms with Crippen molar-refractivity contribution in [2.75, 3.05) is 19.4 Å². The highest BCUT2D eigenvalue weighted by atomic mass is 32.2. The minimum Gasteiger partial charge on any atom is -0.396 e. The number of nitrogens with zero attached hydrogens (tertiary/aromatic N) is 3. The first-order chi connectivity index (χ1) is 14.0. The van der Waals surface area contributed by atoms with Gasteiger partial charge in [-0.05, 0) is 36.6 Å². The molecule has 1 amide bonds. The highest BCUT2D eigenvalue weighted by Crippen LogP contribution is 2.19. The molecular formula is C22H25N3O3S. The number of rotatable bonds is 8. The van der Waals surface area contributed by atoms with E-state index in [1.165, 1.54) is 11.8 Å². The molecule has 0 saturated carbocycles. The first-order valence-electron chi connectivity index (χ1n) is 9.53. The van der Waals surface area contributed by atoms with Crippen LogP contribution in [0.5, 0.6) is 0 Å². The third kappa shape index (κ3) is 5.05. The maximum atomic E-state index is 12.8. The van der Waals surface area contributed by atoms with Gasteiger partial charge in [-0.15, -0.1) is 0 Å². The van der Waals surface area contributed by atoms with E-state index in [2.05, 4.69) is 4.98 Å². The SMILES string of the molecule is Cc1ccccc1CN(C)C(=O)CSc1nc2ccccc2c(=O)n1CCCO. The first-order valence-corrected chi connectivity index (χ1v) is 10.5. The van der Waals surface area contributed by atoms with Crippen molar-refractivity contribution in [3.8, 4) is 0 Å². The zero-order valence-electron chi connectivity index (χ0n) is 16.7. The predicted octanol–water partition coefficient (Wildman–Crippen LogP) is 2.84. The number of thioether (sulfide) groups is 1. The second-order valence-corrected chi connectivity index (χ2v) is 7.85. The van der Waals surface area contributed by atoms with Gasteiger partial charge in [0.2, 0.25) is 5.91 Å². The molecule has 1 N–H and O–H groups in total. The van der Waals surface area contributed by atoms with Crippen molar-refractivity contribution < 1.29 is 9.90 Å². The van der Waals surface area contributed by atoms with Crippen molar-refractivity contribution in [1.29, 1.82) is 0 Å². The van der Waals surface area contributed by atoms with Crippen LogP contribution < -0.4 is 5.56 Å². The number of carbonyl (C=O) groups is 1. The first kappa shape index (κ1) is 21.1. The molecule has 3 rings (SSSR count). The van der Waals surface area contributed by atoms with Crippen LogP contribution in [0.4, 0.5) is 0 Å². The molecule has 0 spiro atoms. The molecule has 0 unspecified atom stereocenters. The lowest BCUT2D eigenvalue weighted by Gasteiger charge is -2.19. The number of carbonyl (C=O) groups excluding carboxylic acids is 1. The molecule has 6 nitrogen and oxygen atoms in total. The van der Waals surface area contributed by atoms with Crippen LogP contribution >= 0.6 is 11.8 Å². The van der Waals surface area contributed by atoms with Gasteiger partial charge in [-0.1, -0.05) is 48.2 Å². The summed E-state index contributed by atoms with van der Waals surface area (Å²) in [5.41, 5.74) is 2.72. The lowest BCUT2D eigenvalue weighted by atomic mass is 10.1. The van der Waals surface area contributed by atoms with Gasteiger partial charge in [-0.25, -0.2) is 4.98 Å². The number of amides is 1. The van der Waals surface area contributed by atoms with Crippen molar-refractivity contribution in [1.82, 2.24) is 14.5 Å². The van der Waals surface area contributed by atoms with Gasteiger partial charge in [-0.3, -0.25) is 14.2 Å². The number of aromatic nitrogens is 2. The molecule has 0 atom stereocenters. The van der Waals surface area contributed by atoms with Gasteiger partial charge in [0.15, 0.2) is 5.16 Å². The van der Waals surface area contributed by atoms with Crippen LogP contribution in [0.25, 0.3) is 10.9 Å². The van der Waals surface area contributed by atoms with Gasteiger partial charge >= 0.3 is 0 Å². The van der Waals surface area contributed by atoms with Crippen LogP contribution in [0.15, 0.2) is 58.5 Å². The lowest BCUT2D eigenvalue weighted by molar-refractivity contribution is -0.127. The maximum absolute atomic E-state index is 12.8. The smallest absolute Gasteiger partial charge is 0.262 e. The predicted molar refractivity (Wildman–Crippen MR) is 116 cm³/mol. The van der Waals surface area contributed by atoms with Gasteiger partial charge < -0.3 is 10.0 Å². The van der Waals surface area contributed by atoms with Crippen molar-refractivity contribution in [3.63, 3.8) is 0 Å². The van der Waals surface area contributed by atoms with E-state index in [9.17, 15) is 14.7 Å². The molecule has 152 valence electrons. The lowest BCUT2D eigenvalue weighted by Crippen LogP contribution is -2.29. The topological polar surface area (TPSA) is 75.4 Å². The second-order valence-electron chi connectivity index (χ2n) is 6.91. The van der Waals surface area contributed by atoms with Crippen LogP contribution in [0, 0.1) is 6.92 Å². The molecule has 1 heterocycles. The highest BCUT2D eigenvalue weighted by Gasteiger charge is 2.15. The molecule has 0 aliphatic heterocycles. The Kier molecular flexibility index (Phi) is 7.06. The number of aliphatic hydroxyl groups excluding tert-OH is 1. The second kappa shape index (κ2) is 9.71. The van der Waals surface area contributed by atoms with Gasteiger partial charge in [0.05, 0.1) is 16.7 Å². The summed E-state index contributed by atoms with van der Waals surface area (Å²) in [6.45, 7) is 2.92. The number of aryl methyl sites for hydroxylation is 1.